The Morgan fingerprint density at radius 1 is 1.28 bits per heavy atom. The van der Waals surface area contributed by atoms with Gasteiger partial charge in [-0.2, -0.15) is 0 Å². The number of hydrogen-bond donors (Lipinski definition) is 1. The monoisotopic (exact) mass is 365 g/mol. The van der Waals surface area contributed by atoms with Crippen LogP contribution in [0.25, 0.3) is 10.4 Å². The van der Waals surface area contributed by atoms with Crippen LogP contribution in [-0.2, 0) is 9.16 Å². The summed E-state index contributed by atoms with van der Waals surface area (Å²) >= 11 is 0. The van der Waals surface area contributed by atoms with Gasteiger partial charge in [0.15, 0.2) is 8.32 Å². The molecule has 0 saturated heterocycles. The van der Waals surface area contributed by atoms with Gasteiger partial charge in [-0.1, -0.05) is 44.1 Å². The molecule has 0 bridgehead atoms. The first-order valence-electron chi connectivity index (χ1n) is 8.17. The highest BCUT2D eigenvalue weighted by Crippen LogP contribution is 2.36. The van der Waals surface area contributed by atoms with Gasteiger partial charge in [-0.05, 0) is 35.8 Å². The summed E-state index contributed by atoms with van der Waals surface area (Å²) in [4.78, 5) is 14.7. The van der Waals surface area contributed by atoms with Crippen LogP contribution >= 0.6 is 0 Å². The van der Waals surface area contributed by atoms with E-state index in [1.165, 1.54) is 0 Å². The number of carbonyl (C=O) groups is 1. The van der Waals surface area contributed by atoms with Crippen molar-refractivity contribution in [1.82, 2.24) is 0 Å². The van der Waals surface area contributed by atoms with E-state index in [9.17, 15) is 9.90 Å². The van der Waals surface area contributed by atoms with E-state index in [0.29, 0.717) is 5.56 Å². The maximum Gasteiger partial charge on any atom is 0.338 e. The van der Waals surface area contributed by atoms with Crippen molar-refractivity contribution in [3.05, 3.63) is 46.3 Å². The largest absolute Gasteiger partial charge is 0.459 e. The Kier molecular flexibility index (Phi) is 7.63. The SMILES string of the molecule is CC(C)(C)[Si](C)(C)OC[C@H](N=[N+]=[N-])[C@@H](O)COC(=O)c1ccccc1. The third kappa shape index (κ3) is 6.51. The first-order valence-corrected chi connectivity index (χ1v) is 11.1. The molecule has 7 nitrogen and oxygen atoms in total. The highest BCUT2D eigenvalue weighted by molar-refractivity contribution is 6.74. The van der Waals surface area contributed by atoms with Gasteiger partial charge in [0, 0.05) is 11.5 Å². The number of ether oxygens (including phenoxy) is 1. The first-order chi connectivity index (χ1) is 11.6. The fraction of sp³-hybridized carbons (Fsp3) is 0.588. The quantitative estimate of drug-likeness (QED) is 0.248. The van der Waals surface area contributed by atoms with Crippen LogP contribution in [0, 0.1) is 0 Å². The lowest BCUT2D eigenvalue weighted by Gasteiger charge is -2.37. The van der Waals surface area contributed by atoms with E-state index in [1.54, 1.807) is 30.3 Å². The van der Waals surface area contributed by atoms with Gasteiger partial charge < -0.3 is 14.3 Å². The van der Waals surface area contributed by atoms with Crippen molar-refractivity contribution < 1.29 is 19.1 Å². The number of benzene rings is 1. The van der Waals surface area contributed by atoms with Crippen molar-refractivity contribution >= 4 is 14.3 Å². The molecule has 0 aliphatic heterocycles. The second kappa shape index (κ2) is 9.01. The van der Waals surface area contributed by atoms with E-state index in [0.717, 1.165) is 0 Å². The molecule has 8 heteroatoms. The Morgan fingerprint density at radius 3 is 2.40 bits per heavy atom. The molecule has 0 saturated carbocycles. The Balaban J connectivity index is 2.63. The molecule has 0 heterocycles. The van der Waals surface area contributed by atoms with Gasteiger partial charge >= 0.3 is 5.97 Å². The number of azide groups is 1. The maximum absolute atomic E-state index is 11.9. The Hall–Kier alpha value is -1.86. The maximum atomic E-state index is 11.9. The minimum Gasteiger partial charge on any atom is -0.459 e. The van der Waals surface area contributed by atoms with Crippen LogP contribution in [0.5, 0.6) is 0 Å². The molecule has 25 heavy (non-hydrogen) atoms. The van der Waals surface area contributed by atoms with Crippen molar-refractivity contribution in [2.45, 2.75) is 51.0 Å². The van der Waals surface area contributed by atoms with Gasteiger partial charge in [-0.3, -0.25) is 0 Å². The van der Waals surface area contributed by atoms with Crippen LogP contribution in [0.3, 0.4) is 0 Å². The molecule has 1 rings (SSSR count). The zero-order chi connectivity index (χ0) is 19.1. The molecule has 1 aromatic rings. The molecule has 2 atom stereocenters. The van der Waals surface area contributed by atoms with Crippen LogP contribution in [-0.4, -0.2) is 44.8 Å². The summed E-state index contributed by atoms with van der Waals surface area (Å²) < 4.78 is 11.1. The van der Waals surface area contributed by atoms with Gasteiger partial charge in [0.25, 0.3) is 0 Å². The second-order valence-electron chi connectivity index (χ2n) is 7.38. The number of carbonyl (C=O) groups excluding carboxylic acids is 1. The molecule has 0 unspecified atom stereocenters. The van der Waals surface area contributed by atoms with Gasteiger partial charge in [0.05, 0.1) is 17.7 Å². The third-order valence-electron chi connectivity index (χ3n) is 4.46. The summed E-state index contributed by atoms with van der Waals surface area (Å²) in [7, 11) is -2.04. The van der Waals surface area contributed by atoms with Crippen LogP contribution in [0.4, 0.5) is 0 Å². The van der Waals surface area contributed by atoms with Gasteiger partial charge in [-0.15, -0.1) is 0 Å². The van der Waals surface area contributed by atoms with Gasteiger partial charge in [-0.25, -0.2) is 4.79 Å². The average molecular weight is 366 g/mol. The highest BCUT2D eigenvalue weighted by atomic mass is 28.4. The minimum absolute atomic E-state index is 0.00135. The number of aliphatic hydroxyl groups is 1. The molecule has 1 N–H and O–H groups in total. The molecule has 0 aliphatic rings. The van der Waals surface area contributed by atoms with Crippen molar-refractivity contribution in [1.29, 1.82) is 0 Å². The molecule has 0 aliphatic carbocycles. The summed E-state index contributed by atoms with van der Waals surface area (Å²) in [5.74, 6) is -0.537. The van der Waals surface area contributed by atoms with E-state index in [-0.39, 0.29) is 18.3 Å². The van der Waals surface area contributed by atoms with Crippen molar-refractivity contribution in [3.8, 4) is 0 Å². The summed E-state index contributed by atoms with van der Waals surface area (Å²) in [6.45, 7) is 10.3. The summed E-state index contributed by atoms with van der Waals surface area (Å²) in [5.41, 5.74) is 9.12. The summed E-state index contributed by atoms with van der Waals surface area (Å²) in [6, 6.07) is 7.68. The zero-order valence-electron chi connectivity index (χ0n) is 15.5. The van der Waals surface area contributed by atoms with E-state index in [2.05, 4.69) is 43.9 Å². The van der Waals surface area contributed by atoms with E-state index < -0.39 is 26.4 Å². The highest BCUT2D eigenvalue weighted by Gasteiger charge is 2.38. The lowest BCUT2D eigenvalue weighted by Crippen LogP contribution is -2.44. The molecular formula is C17H27N3O4Si. The molecule has 0 fully saturated rings. The van der Waals surface area contributed by atoms with E-state index in [4.69, 9.17) is 14.7 Å². The molecule has 0 aromatic heterocycles. The predicted molar refractivity (Wildman–Crippen MR) is 98.8 cm³/mol. The molecular weight excluding hydrogens is 338 g/mol. The van der Waals surface area contributed by atoms with Crippen LogP contribution in [0.15, 0.2) is 35.4 Å². The smallest absolute Gasteiger partial charge is 0.338 e. The molecule has 1 aromatic carbocycles. The number of hydrogen-bond acceptors (Lipinski definition) is 5. The molecule has 0 radical (unpaired) electrons. The Bertz CT molecular complexity index is 610. The van der Waals surface area contributed by atoms with Gasteiger partial charge in [0.1, 0.15) is 6.61 Å². The fourth-order valence-electron chi connectivity index (χ4n) is 1.73. The number of aliphatic hydroxyl groups excluding tert-OH is 1. The predicted octanol–water partition coefficient (Wildman–Crippen LogP) is 3.91. The van der Waals surface area contributed by atoms with E-state index in [1.807, 2.05) is 0 Å². The lowest BCUT2D eigenvalue weighted by molar-refractivity contribution is 0.0141. The number of rotatable bonds is 8. The van der Waals surface area contributed by atoms with Crippen molar-refractivity contribution in [2.24, 2.45) is 5.11 Å². The molecule has 0 amide bonds. The third-order valence-corrected chi connectivity index (χ3v) is 8.96. The summed E-state index contributed by atoms with van der Waals surface area (Å²) in [6.07, 6.45) is -1.13. The molecule has 0 spiro atoms. The van der Waals surface area contributed by atoms with Crippen LogP contribution in [0.1, 0.15) is 31.1 Å². The standard InChI is InChI=1S/C17H27N3O4Si/c1-17(2,3)25(4,5)24-11-14(19-20-18)15(21)12-23-16(22)13-9-7-6-8-10-13/h6-10,14-15,21H,11-12H2,1-5H3/t14-,15-/m0/s1. The Labute approximate surface area is 149 Å². The average Bonchev–Trinajstić information content (AvgIpc) is 2.55. The second-order valence-corrected chi connectivity index (χ2v) is 12.2. The normalized spacial score (nSPS) is 14.3. The first kappa shape index (κ1) is 21.2. The van der Waals surface area contributed by atoms with Crippen LogP contribution < -0.4 is 0 Å². The van der Waals surface area contributed by atoms with Crippen molar-refractivity contribution in [3.63, 3.8) is 0 Å². The lowest BCUT2D eigenvalue weighted by atomic mass is 10.2. The fourth-order valence-corrected chi connectivity index (χ4v) is 2.75. The number of esters is 1. The topological polar surface area (TPSA) is 105 Å². The van der Waals surface area contributed by atoms with Crippen molar-refractivity contribution in [2.75, 3.05) is 13.2 Å². The Morgan fingerprint density at radius 2 is 1.88 bits per heavy atom. The zero-order valence-corrected chi connectivity index (χ0v) is 16.5. The van der Waals surface area contributed by atoms with Gasteiger partial charge in [0.2, 0.25) is 0 Å². The summed E-state index contributed by atoms with van der Waals surface area (Å²) in [5, 5.41) is 13.8. The molecule has 138 valence electrons. The van der Waals surface area contributed by atoms with E-state index >= 15 is 0 Å². The number of nitrogens with zero attached hydrogens (tertiary/aromatic N) is 3. The minimum atomic E-state index is -2.04. The van der Waals surface area contributed by atoms with Crippen LogP contribution in [0.2, 0.25) is 18.1 Å².